The number of carbonyl (C=O) groups excluding carboxylic acids is 1. The van der Waals surface area contributed by atoms with E-state index in [0.29, 0.717) is 17.2 Å². The average molecular weight is 452 g/mol. The quantitative estimate of drug-likeness (QED) is 0.381. The lowest BCUT2D eigenvalue weighted by atomic mass is 10.1. The summed E-state index contributed by atoms with van der Waals surface area (Å²) in [6, 6.07) is 19.3. The molecule has 0 radical (unpaired) electrons. The number of hydrogen-bond donors (Lipinski definition) is 0. The molecule has 0 saturated carbocycles. The molecule has 0 atom stereocenters. The molecule has 0 aliphatic heterocycles. The monoisotopic (exact) mass is 451 g/mol. The van der Waals surface area contributed by atoms with Crippen molar-refractivity contribution in [3.63, 3.8) is 0 Å². The number of benzene rings is 2. The smallest absolute Gasteiger partial charge is 0.260 e. The fourth-order valence-corrected chi connectivity index (χ4v) is 4.30. The number of rotatable bonds is 5. The normalized spacial score (nSPS) is 10.9. The fourth-order valence-electron chi connectivity index (χ4n) is 3.02. The minimum Gasteiger partial charge on any atom is -0.278 e. The number of amides is 1. The van der Waals surface area contributed by atoms with Crippen molar-refractivity contribution in [1.82, 2.24) is 9.97 Å². The molecule has 0 fully saturated rings. The molecule has 4 nitrogen and oxygen atoms in total. The van der Waals surface area contributed by atoms with Gasteiger partial charge in [0.25, 0.3) is 5.91 Å². The first-order valence-electron chi connectivity index (χ1n) is 9.01. The van der Waals surface area contributed by atoms with Crippen LogP contribution >= 0.6 is 27.3 Å². The van der Waals surface area contributed by atoms with Gasteiger partial charge in [0, 0.05) is 16.2 Å². The Balaban J connectivity index is 1.78. The van der Waals surface area contributed by atoms with Gasteiger partial charge in [0.1, 0.15) is 0 Å². The number of fused-ring (bicyclic) bond motifs is 1. The van der Waals surface area contributed by atoms with Crippen LogP contribution in [0, 0.1) is 0 Å². The number of aromatic nitrogens is 2. The highest BCUT2D eigenvalue weighted by Crippen LogP contribution is 2.32. The molecular weight excluding hydrogens is 434 g/mol. The van der Waals surface area contributed by atoms with Gasteiger partial charge >= 0.3 is 0 Å². The van der Waals surface area contributed by atoms with Gasteiger partial charge in [0.15, 0.2) is 5.13 Å². The molecule has 28 heavy (non-hydrogen) atoms. The third-order valence-electron chi connectivity index (χ3n) is 4.49. The lowest BCUT2D eigenvalue weighted by Gasteiger charge is -2.19. The van der Waals surface area contributed by atoms with Crippen molar-refractivity contribution < 1.29 is 4.79 Å². The van der Waals surface area contributed by atoms with E-state index in [1.165, 1.54) is 16.9 Å². The van der Waals surface area contributed by atoms with E-state index >= 15 is 0 Å². The standard InChI is InChI=1S/C22H18BrN3OS/c1-2-15-6-5-8-19-20(15)25-22(28-19)26(14-18-7-3-4-13-24-18)21(27)16-9-11-17(23)12-10-16/h3-13H,2,14H2,1H3. The first-order chi connectivity index (χ1) is 13.7. The van der Waals surface area contributed by atoms with Gasteiger partial charge in [-0.3, -0.25) is 14.7 Å². The van der Waals surface area contributed by atoms with Gasteiger partial charge in [0.05, 0.1) is 22.5 Å². The van der Waals surface area contributed by atoms with E-state index in [4.69, 9.17) is 4.98 Å². The molecule has 2 heterocycles. The van der Waals surface area contributed by atoms with Crippen LogP contribution in [0.3, 0.4) is 0 Å². The van der Waals surface area contributed by atoms with E-state index in [2.05, 4.69) is 40.0 Å². The molecule has 0 N–H and O–H groups in total. The van der Waals surface area contributed by atoms with E-state index in [1.54, 1.807) is 11.1 Å². The molecular formula is C22H18BrN3OS. The lowest BCUT2D eigenvalue weighted by molar-refractivity contribution is 0.0985. The maximum Gasteiger partial charge on any atom is 0.260 e. The molecule has 0 saturated heterocycles. The Morgan fingerprint density at radius 3 is 2.61 bits per heavy atom. The zero-order chi connectivity index (χ0) is 19.5. The Morgan fingerprint density at radius 1 is 1.07 bits per heavy atom. The van der Waals surface area contributed by atoms with Gasteiger partial charge < -0.3 is 0 Å². The SMILES string of the molecule is CCc1cccc2sc(N(Cc3ccccn3)C(=O)c3ccc(Br)cc3)nc12. The predicted molar refractivity (Wildman–Crippen MR) is 118 cm³/mol. The summed E-state index contributed by atoms with van der Waals surface area (Å²) in [4.78, 5) is 24.3. The van der Waals surface area contributed by atoms with Gasteiger partial charge in [-0.05, 0) is 54.4 Å². The van der Waals surface area contributed by atoms with Crippen molar-refractivity contribution >= 4 is 48.5 Å². The Labute approximate surface area is 176 Å². The van der Waals surface area contributed by atoms with E-state index < -0.39 is 0 Å². The van der Waals surface area contributed by atoms with E-state index in [1.807, 2.05) is 48.5 Å². The first kappa shape index (κ1) is 18.8. The van der Waals surface area contributed by atoms with Crippen LogP contribution < -0.4 is 4.90 Å². The van der Waals surface area contributed by atoms with Gasteiger partial charge in [-0.1, -0.05) is 52.4 Å². The maximum absolute atomic E-state index is 13.3. The highest BCUT2D eigenvalue weighted by molar-refractivity contribution is 9.10. The highest BCUT2D eigenvalue weighted by atomic mass is 79.9. The van der Waals surface area contributed by atoms with E-state index in [-0.39, 0.29) is 5.91 Å². The van der Waals surface area contributed by atoms with E-state index in [0.717, 1.165) is 26.8 Å². The molecule has 1 amide bonds. The summed E-state index contributed by atoms with van der Waals surface area (Å²) in [7, 11) is 0. The van der Waals surface area contributed by atoms with Crippen molar-refractivity contribution in [1.29, 1.82) is 0 Å². The number of aryl methyl sites for hydroxylation is 1. The van der Waals surface area contributed by atoms with E-state index in [9.17, 15) is 4.79 Å². The van der Waals surface area contributed by atoms with Crippen molar-refractivity contribution in [2.75, 3.05) is 4.90 Å². The van der Waals surface area contributed by atoms with Crippen LogP contribution in [0.15, 0.2) is 71.3 Å². The van der Waals surface area contributed by atoms with Gasteiger partial charge in [-0.15, -0.1) is 0 Å². The van der Waals surface area contributed by atoms with Crippen molar-refractivity contribution in [2.45, 2.75) is 19.9 Å². The molecule has 4 rings (SSSR count). The number of anilines is 1. The van der Waals surface area contributed by atoms with Gasteiger partial charge in [0.2, 0.25) is 0 Å². The molecule has 0 spiro atoms. The molecule has 2 aromatic heterocycles. The minimum atomic E-state index is -0.0877. The molecule has 4 aromatic rings. The molecule has 0 aliphatic rings. The molecule has 0 unspecified atom stereocenters. The van der Waals surface area contributed by atoms with Crippen LogP contribution in [0.25, 0.3) is 10.2 Å². The second kappa shape index (κ2) is 8.20. The summed E-state index contributed by atoms with van der Waals surface area (Å²) < 4.78 is 2.02. The Bertz CT molecular complexity index is 1110. The number of para-hydroxylation sites is 1. The van der Waals surface area contributed by atoms with Crippen LogP contribution in [0.4, 0.5) is 5.13 Å². The Morgan fingerprint density at radius 2 is 1.89 bits per heavy atom. The van der Waals surface area contributed by atoms with Crippen molar-refractivity contribution in [3.8, 4) is 0 Å². The minimum absolute atomic E-state index is 0.0877. The van der Waals surface area contributed by atoms with Crippen LogP contribution in [-0.2, 0) is 13.0 Å². The first-order valence-corrected chi connectivity index (χ1v) is 10.6. The summed E-state index contributed by atoms with van der Waals surface area (Å²) in [5, 5.41) is 0.689. The molecule has 2 aromatic carbocycles. The number of halogens is 1. The van der Waals surface area contributed by atoms with Gasteiger partial charge in [-0.25, -0.2) is 4.98 Å². The molecule has 0 bridgehead atoms. The number of pyridine rings is 1. The van der Waals surface area contributed by atoms with Crippen LogP contribution in [0.5, 0.6) is 0 Å². The maximum atomic E-state index is 13.3. The number of carbonyl (C=O) groups is 1. The average Bonchev–Trinajstić information content (AvgIpc) is 3.17. The third kappa shape index (κ3) is 3.84. The Kier molecular flexibility index (Phi) is 5.50. The summed E-state index contributed by atoms with van der Waals surface area (Å²) in [5.41, 5.74) is 3.60. The zero-order valence-corrected chi connectivity index (χ0v) is 17.7. The largest absolute Gasteiger partial charge is 0.278 e. The Hall–Kier alpha value is -2.57. The lowest BCUT2D eigenvalue weighted by Crippen LogP contribution is -2.30. The summed E-state index contributed by atoms with van der Waals surface area (Å²) in [5.74, 6) is -0.0877. The predicted octanol–water partition coefficient (Wildman–Crippen LogP) is 5.86. The molecule has 0 aliphatic carbocycles. The molecule has 6 heteroatoms. The summed E-state index contributed by atoms with van der Waals surface area (Å²) >= 11 is 4.96. The van der Waals surface area contributed by atoms with Crippen LogP contribution in [0.2, 0.25) is 0 Å². The van der Waals surface area contributed by atoms with Crippen LogP contribution in [-0.4, -0.2) is 15.9 Å². The van der Waals surface area contributed by atoms with Crippen LogP contribution in [0.1, 0.15) is 28.5 Å². The number of thiazole rings is 1. The van der Waals surface area contributed by atoms with Crippen molar-refractivity contribution in [3.05, 3.63) is 88.2 Å². The molecule has 140 valence electrons. The fraction of sp³-hybridized carbons (Fsp3) is 0.136. The topological polar surface area (TPSA) is 46.1 Å². The second-order valence-corrected chi connectivity index (χ2v) is 8.26. The highest BCUT2D eigenvalue weighted by Gasteiger charge is 2.22. The van der Waals surface area contributed by atoms with Crippen molar-refractivity contribution in [2.24, 2.45) is 0 Å². The third-order valence-corrected chi connectivity index (χ3v) is 6.06. The summed E-state index contributed by atoms with van der Waals surface area (Å²) in [6.45, 7) is 2.49. The number of nitrogens with zero attached hydrogens (tertiary/aromatic N) is 3. The zero-order valence-electron chi connectivity index (χ0n) is 15.3. The summed E-state index contributed by atoms with van der Waals surface area (Å²) in [6.07, 6.45) is 2.65. The number of hydrogen-bond acceptors (Lipinski definition) is 4. The second-order valence-electron chi connectivity index (χ2n) is 6.33. The van der Waals surface area contributed by atoms with Gasteiger partial charge in [-0.2, -0.15) is 0 Å².